The molecule has 0 saturated carbocycles. The van der Waals surface area contributed by atoms with Gasteiger partial charge in [0.25, 0.3) is 0 Å². The first kappa shape index (κ1) is 16.3. The van der Waals surface area contributed by atoms with Gasteiger partial charge in [0, 0.05) is 10.9 Å². The van der Waals surface area contributed by atoms with E-state index in [-0.39, 0.29) is 18.2 Å². The van der Waals surface area contributed by atoms with E-state index in [0.717, 1.165) is 32.9 Å². The number of ether oxygens (including phenoxy) is 1. The predicted molar refractivity (Wildman–Crippen MR) is 98.3 cm³/mol. The summed E-state index contributed by atoms with van der Waals surface area (Å²) in [6, 6.07) is 17.9. The fourth-order valence-electron chi connectivity index (χ4n) is 3.20. The number of benzene rings is 3. The monoisotopic (exact) mass is 348 g/mol. The maximum absolute atomic E-state index is 13.0. The van der Waals surface area contributed by atoms with E-state index in [1.165, 1.54) is 12.1 Å². The van der Waals surface area contributed by atoms with Crippen LogP contribution in [0, 0.1) is 5.82 Å². The molecule has 0 aliphatic carbocycles. The van der Waals surface area contributed by atoms with Crippen LogP contribution in [0.15, 0.2) is 71.3 Å². The highest BCUT2D eigenvalue weighted by Crippen LogP contribution is 2.30. The molecule has 1 aromatic heterocycles. The predicted octanol–water partition coefficient (Wildman–Crippen LogP) is 5.57. The molecule has 1 atom stereocenters. The lowest BCUT2D eigenvalue weighted by atomic mass is 10.0. The van der Waals surface area contributed by atoms with Gasteiger partial charge in [0.2, 0.25) is 0 Å². The summed E-state index contributed by atoms with van der Waals surface area (Å²) in [6.45, 7) is 1.77. The third kappa shape index (κ3) is 3.06. The van der Waals surface area contributed by atoms with Crippen molar-refractivity contribution in [3.63, 3.8) is 0 Å². The molecule has 0 spiro atoms. The molecule has 0 fully saturated rings. The zero-order chi connectivity index (χ0) is 18.1. The molecule has 0 bridgehead atoms. The lowest BCUT2D eigenvalue weighted by Gasteiger charge is -2.13. The van der Waals surface area contributed by atoms with Gasteiger partial charge >= 0.3 is 5.97 Å². The Morgan fingerprint density at radius 1 is 1.08 bits per heavy atom. The molecule has 0 amide bonds. The molecule has 4 rings (SSSR count). The Morgan fingerprint density at radius 2 is 1.85 bits per heavy atom. The van der Waals surface area contributed by atoms with Crippen LogP contribution < -0.4 is 0 Å². The summed E-state index contributed by atoms with van der Waals surface area (Å²) in [7, 11) is 0. The maximum atomic E-state index is 13.0. The van der Waals surface area contributed by atoms with E-state index in [1.807, 2.05) is 36.4 Å². The molecule has 3 nitrogen and oxygen atoms in total. The van der Waals surface area contributed by atoms with Gasteiger partial charge < -0.3 is 9.15 Å². The van der Waals surface area contributed by atoms with E-state index in [4.69, 9.17) is 9.15 Å². The molecule has 0 saturated heterocycles. The minimum Gasteiger partial charge on any atom is -0.464 e. The van der Waals surface area contributed by atoms with Crippen molar-refractivity contribution in [3.8, 4) is 0 Å². The molecule has 1 heterocycles. The lowest BCUT2D eigenvalue weighted by molar-refractivity contribution is -0.147. The number of fused-ring (bicyclic) bond motifs is 3. The first-order chi connectivity index (χ1) is 12.6. The van der Waals surface area contributed by atoms with Gasteiger partial charge in [0.1, 0.15) is 17.5 Å². The van der Waals surface area contributed by atoms with E-state index in [2.05, 4.69) is 0 Å². The Kier molecular flexibility index (Phi) is 4.17. The highest BCUT2D eigenvalue weighted by atomic mass is 19.1. The Bertz CT molecular complexity index is 1080. The van der Waals surface area contributed by atoms with Gasteiger partial charge in [0.05, 0.1) is 12.7 Å². The van der Waals surface area contributed by atoms with Crippen LogP contribution in [0.2, 0.25) is 0 Å². The van der Waals surface area contributed by atoms with Crippen molar-refractivity contribution >= 4 is 27.7 Å². The van der Waals surface area contributed by atoms with E-state index in [0.29, 0.717) is 0 Å². The molecule has 0 radical (unpaired) electrons. The van der Waals surface area contributed by atoms with E-state index in [9.17, 15) is 9.18 Å². The van der Waals surface area contributed by atoms with Crippen molar-refractivity contribution in [1.82, 2.24) is 0 Å². The maximum Gasteiger partial charge on any atom is 0.311 e. The summed E-state index contributed by atoms with van der Waals surface area (Å²) >= 11 is 0. The Labute approximate surface area is 150 Å². The molecule has 130 valence electrons. The van der Waals surface area contributed by atoms with Crippen molar-refractivity contribution < 1.29 is 18.3 Å². The summed E-state index contributed by atoms with van der Waals surface area (Å²) in [5.41, 5.74) is 2.30. The van der Waals surface area contributed by atoms with Gasteiger partial charge in [-0.05, 0) is 41.5 Å². The van der Waals surface area contributed by atoms with Crippen LogP contribution in [-0.4, -0.2) is 5.97 Å². The first-order valence-electron chi connectivity index (χ1n) is 8.44. The van der Waals surface area contributed by atoms with Gasteiger partial charge in [-0.25, -0.2) is 4.39 Å². The average molecular weight is 348 g/mol. The number of furan rings is 1. The van der Waals surface area contributed by atoms with Crippen LogP contribution in [0.25, 0.3) is 21.7 Å². The number of hydrogen-bond acceptors (Lipinski definition) is 3. The summed E-state index contributed by atoms with van der Waals surface area (Å²) in [4.78, 5) is 12.4. The highest BCUT2D eigenvalue weighted by Gasteiger charge is 2.16. The number of carbonyl (C=O) groups is 1. The Morgan fingerprint density at radius 3 is 2.65 bits per heavy atom. The number of hydrogen-bond donors (Lipinski definition) is 0. The smallest absolute Gasteiger partial charge is 0.311 e. The second-order valence-corrected chi connectivity index (χ2v) is 6.28. The summed E-state index contributed by atoms with van der Waals surface area (Å²) < 4.78 is 24.1. The topological polar surface area (TPSA) is 39.4 Å². The molecule has 4 aromatic rings. The third-order valence-corrected chi connectivity index (χ3v) is 4.52. The number of rotatable bonds is 4. The Hall–Kier alpha value is -3.14. The van der Waals surface area contributed by atoms with E-state index in [1.54, 1.807) is 25.3 Å². The summed E-state index contributed by atoms with van der Waals surface area (Å²) in [5.74, 6) is -0.665. The van der Waals surface area contributed by atoms with Gasteiger partial charge in [-0.15, -0.1) is 0 Å². The van der Waals surface area contributed by atoms with Crippen molar-refractivity contribution in [2.75, 3.05) is 0 Å². The van der Waals surface area contributed by atoms with Crippen molar-refractivity contribution in [1.29, 1.82) is 0 Å². The van der Waals surface area contributed by atoms with Gasteiger partial charge in [-0.3, -0.25) is 4.79 Å². The number of halogens is 1. The second kappa shape index (κ2) is 6.64. The number of esters is 1. The molecule has 0 aliphatic rings. The van der Waals surface area contributed by atoms with Gasteiger partial charge in [-0.2, -0.15) is 0 Å². The van der Waals surface area contributed by atoms with Gasteiger partial charge in [0.15, 0.2) is 0 Å². The normalized spacial score (nSPS) is 12.4. The van der Waals surface area contributed by atoms with Crippen LogP contribution in [0.5, 0.6) is 0 Å². The highest BCUT2D eigenvalue weighted by molar-refractivity contribution is 6.08. The summed E-state index contributed by atoms with van der Waals surface area (Å²) in [6.07, 6.45) is 1.28. The zero-order valence-electron chi connectivity index (χ0n) is 14.2. The minimum atomic E-state index is -0.446. The zero-order valence-corrected chi connectivity index (χ0v) is 14.2. The van der Waals surface area contributed by atoms with Crippen LogP contribution in [0.3, 0.4) is 0 Å². The van der Waals surface area contributed by atoms with Crippen LogP contribution in [0.4, 0.5) is 4.39 Å². The van der Waals surface area contributed by atoms with E-state index < -0.39 is 6.10 Å². The van der Waals surface area contributed by atoms with Crippen LogP contribution >= 0.6 is 0 Å². The second-order valence-electron chi connectivity index (χ2n) is 6.28. The molecule has 0 aliphatic heterocycles. The average Bonchev–Trinajstić information content (AvgIpc) is 3.05. The molecule has 4 heteroatoms. The first-order valence-corrected chi connectivity index (χ1v) is 8.44. The molecular weight excluding hydrogens is 331 g/mol. The molecule has 26 heavy (non-hydrogen) atoms. The van der Waals surface area contributed by atoms with Crippen LogP contribution in [-0.2, 0) is 16.0 Å². The fraction of sp³-hybridized carbons (Fsp3) is 0.136. The van der Waals surface area contributed by atoms with Gasteiger partial charge in [-0.1, -0.05) is 42.5 Å². The largest absolute Gasteiger partial charge is 0.464 e. The molecule has 0 unspecified atom stereocenters. The van der Waals surface area contributed by atoms with Crippen molar-refractivity contribution in [2.24, 2.45) is 0 Å². The minimum absolute atomic E-state index is 0.118. The fourth-order valence-corrected chi connectivity index (χ4v) is 3.20. The lowest BCUT2D eigenvalue weighted by Crippen LogP contribution is -2.11. The quantitative estimate of drug-likeness (QED) is 0.453. The SMILES string of the molecule is C[C@@H](OC(=O)Cc1coc2ccc3ccccc3c12)c1ccc(F)cc1. The number of carbonyl (C=O) groups excluding carboxylic acids is 1. The standard InChI is InChI=1S/C22H17FO3/c1-14(15-6-9-18(23)10-7-15)26-21(24)12-17-13-25-20-11-8-16-4-2-3-5-19(16)22(17)20/h2-11,13-14H,12H2,1H3/t14-/m1/s1. The molecule has 3 aromatic carbocycles. The molecular formula is C22H17FO3. The van der Waals surface area contributed by atoms with Crippen LogP contribution in [0.1, 0.15) is 24.2 Å². The Balaban J connectivity index is 1.58. The van der Waals surface area contributed by atoms with Crippen molar-refractivity contribution in [3.05, 3.63) is 83.9 Å². The van der Waals surface area contributed by atoms with E-state index >= 15 is 0 Å². The van der Waals surface area contributed by atoms with Crippen molar-refractivity contribution in [2.45, 2.75) is 19.4 Å². The third-order valence-electron chi connectivity index (χ3n) is 4.52. The molecule has 0 N–H and O–H groups in total. The summed E-state index contributed by atoms with van der Waals surface area (Å²) in [5, 5.41) is 3.08.